The molecule has 1 aliphatic heterocycles. The van der Waals surface area contributed by atoms with Crippen molar-refractivity contribution in [2.24, 2.45) is 12.8 Å². The van der Waals surface area contributed by atoms with Crippen LogP contribution in [0.5, 0.6) is 0 Å². The second-order valence-corrected chi connectivity index (χ2v) is 6.03. The number of hydrogen-bond acceptors (Lipinski definition) is 5. The summed E-state index contributed by atoms with van der Waals surface area (Å²) in [7, 11) is -2.38. The summed E-state index contributed by atoms with van der Waals surface area (Å²) in [6.07, 6.45) is 4.06. The van der Waals surface area contributed by atoms with E-state index in [0.29, 0.717) is 31.7 Å². The Balaban J connectivity index is 2.35. The number of aryl methyl sites for hydroxylation is 1. The van der Waals surface area contributed by atoms with Gasteiger partial charge in [0.1, 0.15) is 0 Å². The smallest absolute Gasteiger partial charge is 0.327 e. The molecule has 20 heavy (non-hydrogen) atoms. The summed E-state index contributed by atoms with van der Waals surface area (Å²) in [5, 5.41) is 3.96. The highest BCUT2D eigenvalue weighted by molar-refractivity contribution is 7.91. The number of nitrogens with one attached hydrogen (secondary N) is 1. The molecule has 2 rings (SSSR count). The predicted molar refractivity (Wildman–Crippen MR) is 71.2 cm³/mol. The Hall–Kier alpha value is -1.81. The van der Waals surface area contributed by atoms with E-state index in [1.165, 1.54) is 10.9 Å². The third-order valence-electron chi connectivity index (χ3n) is 2.96. The van der Waals surface area contributed by atoms with Gasteiger partial charge in [-0.1, -0.05) is 0 Å². The van der Waals surface area contributed by atoms with Crippen LogP contribution in [0.25, 0.3) is 0 Å². The summed E-state index contributed by atoms with van der Waals surface area (Å²) in [4.78, 5) is 10.9. The minimum Gasteiger partial charge on any atom is -0.381 e. The second-order valence-electron chi connectivity index (χ2n) is 4.48. The molecule has 1 aromatic heterocycles. The number of amides is 2. The number of hydrogen-bond donors (Lipinski definition) is 2. The van der Waals surface area contributed by atoms with Crippen molar-refractivity contribution in [2.45, 2.75) is 18.9 Å². The topological polar surface area (TPSA) is 120 Å². The minimum absolute atomic E-state index is 0.301. The summed E-state index contributed by atoms with van der Waals surface area (Å²) >= 11 is 0. The zero-order valence-corrected chi connectivity index (χ0v) is 11.8. The highest BCUT2D eigenvalue weighted by Gasteiger charge is 2.33. The highest BCUT2D eigenvalue weighted by atomic mass is 32.2. The first kappa shape index (κ1) is 14.6. The molecule has 1 saturated heterocycles. The Morgan fingerprint density at radius 2 is 2.20 bits per heavy atom. The first-order valence-corrected chi connectivity index (χ1v) is 7.52. The van der Waals surface area contributed by atoms with Crippen molar-refractivity contribution in [3.05, 3.63) is 12.4 Å². The average molecular weight is 303 g/mol. The quantitative estimate of drug-likeness (QED) is 0.763. The fraction of sp³-hybridized carbons (Fsp3) is 0.600. The first-order chi connectivity index (χ1) is 9.40. The lowest BCUT2D eigenvalue weighted by molar-refractivity contribution is 0.0875. The van der Waals surface area contributed by atoms with E-state index in [0.717, 1.165) is 4.31 Å². The van der Waals surface area contributed by atoms with Gasteiger partial charge in [-0.25, -0.2) is 13.8 Å². The molecular weight excluding hydrogens is 286 g/mol. The maximum Gasteiger partial charge on any atom is 0.327 e. The van der Waals surface area contributed by atoms with Crippen molar-refractivity contribution >= 4 is 21.9 Å². The molecule has 3 N–H and O–H groups in total. The summed E-state index contributed by atoms with van der Waals surface area (Å²) in [6, 6.07) is -1.42. The van der Waals surface area contributed by atoms with Crippen LogP contribution in [0.1, 0.15) is 12.8 Å². The van der Waals surface area contributed by atoms with Gasteiger partial charge in [0.25, 0.3) is 0 Å². The van der Waals surface area contributed by atoms with Crippen LogP contribution in [0.2, 0.25) is 0 Å². The van der Waals surface area contributed by atoms with Gasteiger partial charge in [-0.15, -0.1) is 0 Å². The van der Waals surface area contributed by atoms with E-state index < -0.39 is 16.2 Å². The first-order valence-electron chi connectivity index (χ1n) is 6.08. The number of carbonyl (C=O) groups excluding carboxylic acids is 1. The van der Waals surface area contributed by atoms with Gasteiger partial charge >= 0.3 is 16.2 Å². The van der Waals surface area contributed by atoms with E-state index >= 15 is 0 Å². The monoisotopic (exact) mass is 303 g/mol. The van der Waals surface area contributed by atoms with Gasteiger partial charge in [-0.3, -0.25) is 4.68 Å². The van der Waals surface area contributed by atoms with Gasteiger partial charge < -0.3 is 10.5 Å². The van der Waals surface area contributed by atoms with E-state index in [2.05, 4.69) is 5.10 Å². The number of rotatable bonds is 4. The molecule has 0 unspecified atom stereocenters. The number of anilines is 1. The van der Waals surface area contributed by atoms with Crippen molar-refractivity contribution in [1.82, 2.24) is 14.5 Å². The molecule has 1 aromatic rings. The zero-order chi connectivity index (χ0) is 14.8. The number of urea groups is 1. The molecule has 9 nitrogen and oxygen atoms in total. The van der Waals surface area contributed by atoms with Crippen molar-refractivity contribution < 1.29 is 17.9 Å². The molecule has 1 fully saturated rings. The van der Waals surface area contributed by atoms with Gasteiger partial charge in [-0.2, -0.15) is 13.5 Å². The molecular formula is C10H17N5O4S. The Morgan fingerprint density at radius 3 is 2.70 bits per heavy atom. The lowest BCUT2D eigenvalue weighted by Crippen LogP contribution is -2.51. The van der Waals surface area contributed by atoms with E-state index in [4.69, 9.17) is 10.5 Å². The van der Waals surface area contributed by atoms with Crippen LogP contribution < -0.4 is 14.8 Å². The van der Waals surface area contributed by atoms with Gasteiger partial charge in [0.05, 0.1) is 17.9 Å². The van der Waals surface area contributed by atoms with Crippen LogP contribution in [0.3, 0.4) is 0 Å². The number of nitrogens with two attached hydrogens (primary N) is 1. The molecule has 10 heteroatoms. The van der Waals surface area contributed by atoms with Crippen molar-refractivity contribution in [3.63, 3.8) is 0 Å². The zero-order valence-electron chi connectivity index (χ0n) is 11.0. The fourth-order valence-electron chi connectivity index (χ4n) is 2.16. The summed E-state index contributed by atoms with van der Waals surface area (Å²) in [6.45, 7) is 0.932. The third-order valence-corrected chi connectivity index (χ3v) is 4.44. The standard InChI is InChI=1S/C10H17N5O4S/c1-14-7-9(6-12-14)15(8-2-4-19-5-3-8)20(17,18)13-10(11)16/h6-8H,2-5H2,1H3,(H3,11,13,16). The van der Waals surface area contributed by atoms with Crippen molar-refractivity contribution in [3.8, 4) is 0 Å². The van der Waals surface area contributed by atoms with Crippen LogP contribution in [0.4, 0.5) is 10.5 Å². The molecule has 0 radical (unpaired) electrons. The summed E-state index contributed by atoms with van der Waals surface area (Å²) < 4.78 is 34.2. The van der Waals surface area contributed by atoms with Crippen LogP contribution in [0, 0.1) is 0 Å². The average Bonchev–Trinajstić information content (AvgIpc) is 2.75. The molecule has 2 heterocycles. The molecule has 0 aliphatic carbocycles. The third kappa shape index (κ3) is 3.20. The van der Waals surface area contributed by atoms with E-state index in [9.17, 15) is 13.2 Å². The number of primary amides is 1. The van der Waals surface area contributed by atoms with Crippen molar-refractivity contribution in [2.75, 3.05) is 17.5 Å². The Morgan fingerprint density at radius 1 is 1.55 bits per heavy atom. The summed E-state index contributed by atoms with van der Waals surface area (Å²) in [5.74, 6) is 0. The molecule has 112 valence electrons. The van der Waals surface area contributed by atoms with E-state index in [1.807, 2.05) is 0 Å². The van der Waals surface area contributed by atoms with Gasteiger partial charge in [0.15, 0.2) is 0 Å². The minimum atomic E-state index is -4.06. The van der Waals surface area contributed by atoms with Crippen LogP contribution in [-0.2, 0) is 22.0 Å². The molecule has 0 bridgehead atoms. The Kier molecular flexibility index (Phi) is 4.14. The van der Waals surface area contributed by atoms with Gasteiger partial charge in [0, 0.05) is 26.5 Å². The van der Waals surface area contributed by atoms with Gasteiger partial charge in [-0.05, 0) is 12.8 Å². The fourth-order valence-corrected chi connectivity index (χ4v) is 3.49. The van der Waals surface area contributed by atoms with E-state index in [-0.39, 0.29) is 6.04 Å². The molecule has 2 amide bonds. The SMILES string of the molecule is Cn1cc(N(C2CCOCC2)S(=O)(=O)NC(N)=O)cn1. The Labute approximate surface area is 116 Å². The molecule has 1 aliphatic rings. The highest BCUT2D eigenvalue weighted by Crippen LogP contribution is 2.25. The predicted octanol–water partition coefficient (Wildman–Crippen LogP) is -0.681. The maximum absolute atomic E-state index is 12.3. The molecule has 0 saturated carbocycles. The lowest BCUT2D eigenvalue weighted by atomic mass is 10.1. The normalized spacial score (nSPS) is 16.9. The lowest BCUT2D eigenvalue weighted by Gasteiger charge is -2.33. The summed E-state index contributed by atoms with van der Waals surface area (Å²) in [5.41, 5.74) is 5.31. The largest absolute Gasteiger partial charge is 0.381 e. The van der Waals surface area contributed by atoms with Crippen LogP contribution in [0.15, 0.2) is 12.4 Å². The van der Waals surface area contributed by atoms with Crippen LogP contribution >= 0.6 is 0 Å². The molecule has 0 spiro atoms. The molecule has 0 atom stereocenters. The maximum atomic E-state index is 12.3. The van der Waals surface area contributed by atoms with Gasteiger partial charge in [0.2, 0.25) is 0 Å². The molecule has 0 aromatic carbocycles. The number of ether oxygens (including phenoxy) is 1. The number of nitrogens with zero attached hydrogens (tertiary/aromatic N) is 3. The van der Waals surface area contributed by atoms with Crippen LogP contribution in [-0.4, -0.2) is 43.5 Å². The van der Waals surface area contributed by atoms with Crippen molar-refractivity contribution in [1.29, 1.82) is 0 Å². The van der Waals surface area contributed by atoms with E-state index in [1.54, 1.807) is 18.0 Å². The number of carbonyl (C=O) groups is 1. The number of aromatic nitrogens is 2. The Bertz CT molecular complexity index is 578. The second kappa shape index (κ2) is 5.67.